The van der Waals surface area contributed by atoms with Gasteiger partial charge in [0.15, 0.2) is 0 Å². The number of anilines is 1. The van der Waals surface area contributed by atoms with Crippen molar-refractivity contribution in [3.8, 4) is 0 Å². The first-order valence-electron chi connectivity index (χ1n) is 12.0. The van der Waals surface area contributed by atoms with Gasteiger partial charge in [-0.05, 0) is 60.9 Å². The maximum atomic E-state index is 13.8. The van der Waals surface area contributed by atoms with E-state index in [-0.39, 0.29) is 29.8 Å². The maximum absolute atomic E-state index is 13.8. The predicted molar refractivity (Wildman–Crippen MR) is 141 cm³/mol. The molecule has 1 N–H and O–H groups in total. The third kappa shape index (κ3) is 6.45. The highest BCUT2D eigenvalue weighted by Crippen LogP contribution is 2.22. The van der Waals surface area contributed by atoms with Crippen LogP contribution < -0.4 is 10.2 Å². The molecule has 0 radical (unpaired) electrons. The van der Waals surface area contributed by atoms with Crippen molar-refractivity contribution < 1.29 is 14.0 Å². The summed E-state index contributed by atoms with van der Waals surface area (Å²) in [7, 11) is 0. The van der Waals surface area contributed by atoms with Crippen LogP contribution in [-0.2, 0) is 17.8 Å². The number of halogens is 1. The van der Waals surface area contributed by atoms with Gasteiger partial charge in [0.25, 0.3) is 5.91 Å². The molecule has 0 fully saturated rings. The lowest BCUT2D eigenvalue weighted by molar-refractivity contribution is -0.121. The quantitative estimate of drug-likeness (QED) is 0.317. The van der Waals surface area contributed by atoms with E-state index in [0.717, 1.165) is 22.3 Å². The van der Waals surface area contributed by atoms with E-state index in [1.807, 2.05) is 92.7 Å². The molecule has 0 spiro atoms. The Morgan fingerprint density at radius 2 is 1.50 bits per heavy atom. The lowest BCUT2D eigenvalue weighted by Crippen LogP contribution is -2.30. The summed E-state index contributed by atoms with van der Waals surface area (Å²) < 4.78 is 13.8. The van der Waals surface area contributed by atoms with Crippen molar-refractivity contribution in [2.45, 2.75) is 32.9 Å². The Bertz CT molecular complexity index is 1320. The minimum absolute atomic E-state index is 0.0774. The van der Waals surface area contributed by atoms with Crippen LogP contribution in [0.3, 0.4) is 0 Å². The van der Waals surface area contributed by atoms with Crippen LogP contribution in [0.2, 0.25) is 0 Å². The maximum Gasteiger partial charge on any atom is 0.258 e. The fourth-order valence-electron chi connectivity index (χ4n) is 4.03. The summed E-state index contributed by atoms with van der Waals surface area (Å²) in [6, 6.07) is 30.7. The summed E-state index contributed by atoms with van der Waals surface area (Å²) in [6.45, 7) is 4.30. The predicted octanol–water partition coefficient (Wildman–Crippen LogP) is 6.40. The van der Waals surface area contributed by atoms with Crippen LogP contribution in [-0.4, -0.2) is 11.8 Å². The fraction of sp³-hybridized carbons (Fsp3) is 0.161. The van der Waals surface area contributed by atoms with Crippen molar-refractivity contribution in [2.75, 3.05) is 4.90 Å². The van der Waals surface area contributed by atoms with Crippen LogP contribution >= 0.6 is 0 Å². The van der Waals surface area contributed by atoms with Crippen LogP contribution in [0.15, 0.2) is 103 Å². The van der Waals surface area contributed by atoms with Gasteiger partial charge in [0, 0.05) is 11.3 Å². The molecule has 0 aromatic heterocycles. The average molecular weight is 481 g/mol. The smallest absolute Gasteiger partial charge is 0.258 e. The number of hydrogen-bond donors (Lipinski definition) is 1. The number of rotatable bonds is 8. The van der Waals surface area contributed by atoms with Gasteiger partial charge in [-0.1, -0.05) is 78.4 Å². The van der Waals surface area contributed by atoms with Crippen LogP contribution in [0.4, 0.5) is 10.1 Å². The van der Waals surface area contributed by atoms with Gasteiger partial charge in [-0.2, -0.15) is 0 Å². The Morgan fingerprint density at radius 3 is 2.17 bits per heavy atom. The van der Waals surface area contributed by atoms with E-state index in [9.17, 15) is 14.0 Å². The highest BCUT2D eigenvalue weighted by Gasteiger charge is 2.19. The zero-order chi connectivity index (χ0) is 25.5. The summed E-state index contributed by atoms with van der Waals surface area (Å²) in [6.07, 6.45) is 0.229. The number of carbonyl (C=O) groups excluding carboxylic acids is 2. The molecule has 4 aromatic carbocycles. The third-order valence-electron chi connectivity index (χ3n) is 6.07. The van der Waals surface area contributed by atoms with Crippen molar-refractivity contribution in [3.63, 3.8) is 0 Å². The molecule has 182 valence electrons. The number of amides is 2. The number of carbonyl (C=O) groups is 2. The lowest BCUT2D eigenvalue weighted by atomic mass is 10.1. The molecule has 4 nitrogen and oxygen atoms in total. The molecule has 0 unspecified atom stereocenters. The molecule has 4 aromatic rings. The zero-order valence-electron chi connectivity index (χ0n) is 20.4. The summed E-state index contributed by atoms with van der Waals surface area (Å²) >= 11 is 0. The van der Waals surface area contributed by atoms with Crippen LogP contribution in [0.25, 0.3) is 0 Å². The molecule has 4 rings (SSSR count). The normalized spacial score (nSPS) is 11.5. The first-order valence-corrected chi connectivity index (χ1v) is 12.0. The van der Waals surface area contributed by atoms with Gasteiger partial charge in [0.05, 0.1) is 19.0 Å². The topological polar surface area (TPSA) is 49.4 Å². The molecule has 0 saturated heterocycles. The molecule has 0 aliphatic heterocycles. The third-order valence-corrected chi connectivity index (χ3v) is 6.07. The first kappa shape index (κ1) is 24.9. The van der Waals surface area contributed by atoms with Crippen molar-refractivity contribution in [1.29, 1.82) is 0 Å². The van der Waals surface area contributed by atoms with Crippen LogP contribution in [0.5, 0.6) is 0 Å². The standard InChI is InChI=1S/C31H29FN2O2/c1-22-11-13-25(14-12-22)21-34(31(36)27-9-6-10-28(32)20-27)29-17-15-24(16-18-29)19-30(35)33-23(2)26-7-4-3-5-8-26/h3-18,20,23H,19,21H2,1-2H3,(H,33,35)/t23-/m1/s1. The Hall–Kier alpha value is -4.25. The Balaban J connectivity index is 1.51. The van der Waals surface area contributed by atoms with Crippen molar-refractivity contribution in [3.05, 3.63) is 137 Å². The van der Waals surface area contributed by atoms with Crippen molar-refractivity contribution in [2.24, 2.45) is 0 Å². The summed E-state index contributed by atoms with van der Waals surface area (Å²) in [5, 5.41) is 3.03. The second-order valence-corrected chi connectivity index (χ2v) is 8.93. The van der Waals surface area contributed by atoms with Gasteiger partial charge in [-0.3, -0.25) is 9.59 Å². The van der Waals surface area contributed by atoms with E-state index in [4.69, 9.17) is 0 Å². The Labute approximate surface area is 211 Å². The number of aryl methyl sites for hydroxylation is 1. The van der Waals surface area contributed by atoms with Gasteiger partial charge in [0.1, 0.15) is 5.82 Å². The van der Waals surface area contributed by atoms with E-state index < -0.39 is 5.82 Å². The van der Waals surface area contributed by atoms with E-state index >= 15 is 0 Å². The van der Waals surface area contributed by atoms with E-state index in [0.29, 0.717) is 12.2 Å². The molecule has 5 heteroatoms. The largest absolute Gasteiger partial charge is 0.349 e. The summed E-state index contributed by atoms with van der Waals surface area (Å²) in [5.41, 5.74) is 4.93. The summed E-state index contributed by atoms with van der Waals surface area (Å²) in [4.78, 5) is 27.6. The van der Waals surface area contributed by atoms with Crippen LogP contribution in [0, 0.1) is 12.7 Å². The summed E-state index contributed by atoms with van der Waals surface area (Å²) in [5.74, 6) is -0.828. The molecule has 0 bridgehead atoms. The molecule has 0 heterocycles. The van der Waals surface area contributed by atoms with Gasteiger partial charge >= 0.3 is 0 Å². The number of benzene rings is 4. The van der Waals surface area contributed by atoms with Gasteiger partial charge in [-0.15, -0.1) is 0 Å². The van der Waals surface area contributed by atoms with Gasteiger partial charge < -0.3 is 10.2 Å². The average Bonchev–Trinajstić information content (AvgIpc) is 2.89. The zero-order valence-corrected chi connectivity index (χ0v) is 20.4. The first-order chi connectivity index (χ1) is 17.4. The molecule has 2 amide bonds. The van der Waals surface area contributed by atoms with Crippen LogP contribution in [0.1, 0.15) is 45.6 Å². The Morgan fingerprint density at radius 1 is 0.833 bits per heavy atom. The van der Waals surface area contributed by atoms with E-state index in [2.05, 4.69) is 5.32 Å². The molecule has 36 heavy (non-hydrogen) atoms. The fourth-order valence-corrected chi connectivity index (χ4v) is 4.03. The molecule has 0 aliphatic rings. The van der Waals surface area contributed by atoms with Crippen molar-refractivity contribution >= 4 is 17.5 Å². The lowest BCUT2D eigenvalue weighted by Gasteiger charge is -2.24. The van der Waals surface area contributed by atoms with E-state index in [1.165, 1.54) is 18.2 Å². The molecule has 1 atom stereocenters. The monoisotopic (exact) mass is 480 g/mol. The number of nitrogens with one attached hydrogen (secondary N) is 1. The Kier molecular flexibility index (Phi) is 7.91. The minimum atomic E-state index is -0.456. The second kappa shape index (κ2) is 11.5. The molecular weight excluding hydrogens is 451 g/mol. The van der Waals surface area contributed by atoms with Gasteiger partial charge in [0.2, 0.25) is 5.91 Å². The van der Waals surface area contributed by atoms with E-state index in [1.54, 1.807) is 11.0 Å². The molecule has 0 saturated carbocycles. The highest BCUT2D eigenvalue weighted by atomic mass is 19.1. The number of hydrogen-bond acceptors (Lipinski definition) is 2. The molecule has 0 aliphatic carbocycles. The minimum Gasteiger partial charge on any atom is -0.349 e. The second-order valence-electron chi connectivity index (χ2n) is 8.93. The van der Waals surface area contributed by atoms with Gasteiger partial charge in [-0.25, -0.2) is 4.39 Å². The SMILES string of the molecule is Cc1ccc(CN(C(=O)c2cccc(F)c2)c2ccc(CC(=O)N[C@H](C)c3ccccc3)cc2)cc1. The number of nitrogens with zero attached hydrogens (tertiary/aromatic N) is 1. The molecular formula is C31H29FN2O2. The highest BCUT2D eigenvalue weighted by molar-refractivity contribution is 6.06. The van der Waals surface area contributed by atoms with Crippen molar-refractivity contribution in [1.82, 2.24) is 5.32 Å².